The molecule has 172 valence electrons. The van der Waals surface area contributed by atoms with Crippen molar-refractivity contribution in [1.29, 1.82) is 0 Å². The van der Waals surface area contributed by atoms with Crippen LogP contribution in [0, 0.1) is 6.92 Å². The summed E-state index contributed by atoms with van der Waals surface area (Å²) < 4.78 is 6.64. The number of esters is 1. The fraction of sp³-hybridized carbons (Fsp3) is 0.111. The summed E-state index contributed by atoms with van der Waals surface area (Å²) in [6.07, 6.45) is 0. The summed E-state index contributed by atoms with van der Waals surface area (Å²) in [5.41, 5.74) is 5.45. The van der Waals surface area contributed by atoms with Gasteiger partial charge in [0.2, 0.25) is 5.84 Å². The Kier molecular flexibility index (Phi) is 4.74. The van der Waals surface area contributed by atoms with E-state index in [4.69, 9.17) is 14.8 Å². The zero-order valence-electron chi connectivity index (χ0n) is 19.1. The number of benzene rings is 3. The van der Waals surface area contributed by atoms with Crippen LogP contribution in [0.3, 0.4) is 0 Å². The molecule has 0 aliphatic carbocycles. The Morgan fingerprint density at radius 1 is 0.971 bits per heavy atom. The highest BCUT2D eigenvalue weighted by molar-refractivity contribution is 6.50. The van der Waals surface area contributed by atoms with E-state index in [1.807, 2.05) is 78.6 Å². The third-order valence-corrected chi connectivity index (χ3v) is 6.32. The molecule has 0 radical (unpaired) electrons. The number of hydrogen-bond donors (Lipinski definition) is 1. The van der Waals surface area contributed by atoms with Crippen LogP contribution in [0.1, 0.15) is 33.2 Å². The third-order valence-electron chi connectivity index (χ3n) is 6.32. The van der Waals surface area contributed by atoms with Gasteiger partial charge in [0, 0.05) is 5.56 Å². The Labute approximate surface area is 201 Å². The minimum Gasteiger partial charge on any atom is -0.465 e. The van der Waals surface area contributed by atoms with Crippen molar-refractivity contribution in [3.63, 3.8) is 0 Å². The van der Waals surface area contributed by atoms with Crippen LogP contribution in [0.5, 0.6) is 0 Å². The maximum atomic E-state index is 13.2. The first-order chi connectivity index (χ1) is 17.1. The number of carbonyl (C=O) groups is 2. The van der Waals surface area contributed by atoms with Gasteiger partial charge in [-0.3, -0.25) is 4.79 Å². The molecule has 1 aromatic heterocycles. The minimum absolute atomic E-state index is 0.287. The topological polar surface area (TPSA) is 88.8 Å². The summed E-state index contributed by atoms with van der Waals surface area (Å²) >= 11 is 0. The number of amidine groups is 1. The summed E-state index contributed by atoms with van der Waals surface area (Å²) in [7, 11) is 1.36. The minimum atomic E-state index is -0.404. The van der Waals surface area contributed by atoms with Gasteiger partial charge in [-0.2, -0.15) is 5.10 Å². The summed E-state index contributed by atoms with van der Waals surface area (Å²) in [4.78, 5) is 32.1. The summed E-state index contributed by atoms with van der Waals surface area (Å²) in [6.45, 7) is 1.95. The average molecular weight is 463 g/mol. The molecule has 2 aliphatic rings. The molecule has 0 unspecified atom stereocenters. The second kappa shape index (κ2) is 7.95. The normalized spacial score (nSPS) is 15.9. The van der Waals surface area contributed by atoms with E-state index in [9.17, 15) is 9.59 Å². The van der Waals surface area contributed by atoms with E-state index in [1.165, 1.54) is 7.11 Å². The highest BCUT2D eigenvalue weighted by atomic mass is 16.5. The Bertz CT molecular complexity index is 1510. The molecule has 2 aliphatic heterocycles. The van der Waals surface area contributed by atoms with Crippen molar-refractivity contribution in [2.45, 2.75) is 13.0 Å². The molecule has 0 fully saturated rings. The lowest BCUT2D eigenvalue weighted by Gasteiger charge is -2.40. The number of aromatic nitrogens is 2. The zero-order valence-corrected chi connectivity index (χ0v) is 19.1. The molecule has 1 amide bonds. The number of fused-ring (bicyclic) bond motifs is 4. The van der Waals surface area contributed by atoms with E-state index < -0.39 is 5.97 Å². The number of carbonyl (C=O) groups excluding carboxylic acids is 2. The lowest BCUT2D eigenvalue weighted by Crippen LogP contribution is -2.48. The molecule has 3 heterocycles. The van der Waals surface area contributed by atoms with Gasteiger partial charge in [0.05, 0.1) is 41.5 Å². The van der Waals surface area contributed by atoms with Gasteiger partial charge < -0.3 is 15.0 Å². The number of ether oxygens (including phenoxy) is 1. The van der Waals surface area contributed by atoms with E-state index >= 15 is 0 Å². The smallest absolute Gasteiger partial charge is 0.337 e. The van der Waals surface area contributed by atoms with Crippen LogP contribution < -0.4 is 10.2 Å². The van der Waals surface area contributed by atoms with Crippen molar-refractivity contribution in [2.24, 2.45) is 4.99 Å². The Morgan fingerprint density at radius 2 is 1.69 bits per heavy atom. The van der Waals surface area contributed by atoms with Crippen LogP contribution in [-0.2, 0) is 9.53 Å². The van der Waals surface area contributed by atoms with Crippen LogP contribution >= 0.6 is 0 Å². The van der Waals surface area contributed by atoms with Crippen molar-refractivity contribution in [3.05, 3.63) is 101 Å². The Morgan fingerprint density at radius 3 is 2.43 bits per heavy atom. The zero-order chi connectivity index (χ0) is 24.1. The van der Waals surface area contributed by atoms with Gasteiger partial charge in [-0.1, -0.05) is 42.5 Å². The number of aliphatic imine (C=N–C) groups is 1. The SMILES string of the molecule is COC(=O)c1ccc([C@@H]2c3c(C)nn(-c4ccccc4)c3N=C3C(=O)Nc4ccccc4N32)cc1. The van der Waals surface area contributed by atoms with Crippen LogP contribution in [0.4, 0.5) is 17.2 Å². The molecular weight excluding hydrogens is 442 g/mol. The van der Waals surface area contributed by atoms with Gasteiger partial charge in [-0.15, -0.1) is 0 Å². The molecule has 1 atom stereocenters. The lowest BCUT2D eigenvalue weighted by molar-refractivity contribution is -0.110. The van der Waals surface area contributed by atoms with E-state index in [2.05, 4.69) is 5.32 Å². The molecule has 0 spiro atoms. The molecule has 8 heteroatoms. The maximum absolute atomic E-state index is 13.2. The number of anilines is 2. The third kappa shape index (κ3) is 3.22. The Hall–Kier alpha value is -4.72. The highest BCUT2D eigenvalue weighted by Crippen LogP contribution is 2.47. The second-order valence-corrected chi connectivity index (χ2v) is 8.36. The predicted octanol–water partition coefficient (Wildman–Crippen LogP) is 4.56. The van der Waals surface area contributed by atoms with Crippen molar-refractivity contribution < 1.29 is 14.3 Å². The van der Waals surface area contributed by atoms with Gasteiger partial charge in [0.25, 0.3) is 5.91 Å². The lowest BCUT2D eigenvalue weighted by atomic mass is 9.92. The van der Waals surface area contributed by atoms with E-state index in [1.54, 1.807) is 16.8 Å². The number of para-hydroxylation sites is 3. The van der Waals surface area contributed by atoms with Crippen LogP contribution in [0.2, 0.25) is 0 Å². The first-order valence-electron chi connectivity index (χ1n) is 11.2. The van der Waals surface area contributed by atoms with Gasteiger partial charge in [0.1, 0.15) is 0 Å². The van der Waals surface area contributed by atoms with Crippen molar-refractivity contribution >= 4 is 34.9 Å². The summed E-state index contributed by atoms with van der Waals surface area (Å²) in [5.74, 6) is 0.203. The van der Waals surface area contributed by atoms with Crippen LogP contribution in [0.15, 0.2) is 83.9 Å². The van der Waals surface area contributed by atoms with Gasteiger partial charge in [0.15, 0.2) is 5.82 Å². The molecular formula is C27H21N5O3. The quantitative estimate of drug-likeness (QED) is 0.450. The largest absolute Gasteiger partial charge is 0.465 e. The standard InChI is InChI=1S/C27H21N5O3/c1-16-22-23(17-12-14-18(15-13-17)27(34)35-2)31-21-11-7-6-10-20(21)28-26(33)25(31)29-24(22)32(30-16)19-8-4-3-5-9-19/h3-15,23H,1-2H3,(H,28,33)/t23-/m1/s1. The number of amides is 1. The number of nitrogens with zero attached hydrogens (tertiary/aromatic N) is 4. The number of nitrogens with one attached hydrogen (secondary N) is 1. The summed E-state index contributed by atoms with van der Waals surface area (Å²) in [5, 5.41) is 7.77. The van der Waals surface area contributed by atoms with Gasteiger partial charge in [-0.05, 0) is 48.9 Å². The first-order valence-corrected chi connectivity index (χ1v) is 11.2. The van der Waals surface area contributed by atoms with E-state index in [-0.39, 0.29) is 17.8 Å². The number of aryl methyl sites for hydroxylation is 1. The molecule has 8 nitrogen and oxygen atoms in total. The van der Waals surface area contributed by atoms with Crippen molar-refractivity contribution in [1.82, 2.24) is 9.78 Å². The maximum Gasteiger partial charge on any atom is 0.337 e. The molecule has 0 bridgehead atoms. The highest BCUT2D eigenvalue weighted by Gasteiger charge is 2.42. The van der Waals surface area contributed by atoms with E-state index in [0.717, 1.165) is 28.2 Å². The molecule has 0 saturated heterocycles. The molecule has 6 rings (SSSR count). The fourth-order valence-corrected chi connectivity index (χ4v) is 4.73. The average Bonchev–Trinajstić information content (AvgIpc) is 3.24. The fourth-order valence-electron chi connectivity index (χ4n) is 4.73. The number of hydrogen-bond acceptors (Lipinski definition) is 6. The van der Waals surface area contributed by atoms with Gasteiger partial charge in [-0.25, -0.2) is 14.5 Å². The van der Waals surface area contributed by atoms with Crippen molar-refractivity contribution in [2.75, 3.05) is 17.3 Å². The van der Waals surface area contributed by atoms with Crippen LogP contribution in [-0.4, -0.2) is 34.6 Å². The monoisotopic (exact) mass is 463 g/mol. The molecule has 3 aromatic carbocycles. The molecule has 0 saturated carbocycles. The predicted molar refractivity (Wildman–Crippen MR) is 133 cm³/mol. The summed E-state index contributed by atoms with van der Waals surface area (Å²) in [6, 6.07) is 24.2. The molecule has 4 aromatic rings. The number of rotatable bonds is 3. The number of methoxy groups -OCH3 is 1. The second-order valence-electron chi connectivity index (χ2n) is 8.36. The van der Waals surface area contributed by atoms with Crippen LogP contribution in [0.25, 0.3) is 5.69 Å². The Balaban J connectivity index is 1.61. The van der Waals surface area contributed by atoms with E-state index in [0.29, 0.717) is 17.1 Å². The first kappa shape index (κ1) is 20.9. The molecule has 1 N–H and O–H groups in total. The van der Waals surface area contributed by atoms with Gasteiger partial charge >= 0.3 is 5.97 Å². The van der Waals surface area contributed by atoms with Crippen molar-refractivity contribution in [3.8, 4) is 5.69 Å². The molecule has 35 heavy (non-hydrogen) atoms.